The zero-order chi connectivity index (χ0) is 13.9. The number of ketones is 1. The number of Topliss-reactive ketones (excluding diaryl/α,β-unsaturated/α-hetero) is 1. The van der Waals surface area contributed by atoms with E-state index >= 15 is 0 Å². The highest BCUT2D eigenvalue weighted by Crippen LogP contribution is 2.27. The summed E-state index contributed by atoms with van der Waals surface area (Å²) in [6.45, 7) is 4.93. The number of allylic oxidation sites excluding steroid dienone is 1. The number of carbonyl (C=O) groups is 1. The van der Waals surface area contributed by atoms with E-state index in [1.54, 1.807) is 0 Å². The predicted octanol–water partition coefficient (Wildman–Crippen LogP) is 3.68. The van der Waals surface area contributed by atoms with Gasteiger partial charge in [0.2, 0.25) is 0 Å². The van der Waals surface area contributed by atoms with Crippen LogP contribution in [-0.4, -0.2) is 18.3 Å². The third-order valence-corrected chi connectivity index (χ3v) is 2.01. The number of halogens is 4. The fraction of sp³-hybridized carbons (Fsp3) is 0.250. The lowest BCUT2D eigenvalue weighted by molar-refractivity contribution is -0.253. The molecule has 0 amide bonds. The molecule has 0 saturated carbocycles. The molecule has 0 radical (unpaired) electrons. The lowest BCUT2D eigenvalue weighted by atomic mass is 10.1. The number of alkyl halides is 4. The van der Waals surface area contributed by atoms with Crippen LogP contribution in [0.5, 0.6) is 5.75 Å². The van der Waals surface area contributed by atoms with Crippen LogP contribution in [0.1, 0.15) is 17.3 Å². The van der Waals surface area contributed by atoms with E-state index in [-0.39, 0.29) is 16.9 Å². The van der Waals surface area contributed by atoms with Gasteiger partial charge in [0.25, 0.3) is 0 Å². The van der Waals surface area contributed by atoms with Crippen molar-refractivity contribution < 1.29 is 27.1 Å². The first-order valence-electron chi connectivity index (χ1n) is 4.89. The predicted molar refractivity (Wildman–Crippen MR) is 57.2 cm³/mol. The molecule has 0 fully saturated rings. The Morgan fingerprint density at radius 1 is 1.28 bits per heavy atom. The van der Waals surface area contributed by atoms with Crippen molar-refractivity contribution in [2.24, 2.45) is 0 Å². The highest BCUT2D eigenvalue weighted by Gasteiger charge is 2.43. The van der Waals surface area contributed by atoms with Gasteiger partial charge in [0.15, 0.2) is 5.78 Å². The lowest BCUT2D eigenvalue weighted by Gasteiger charge is -2.16. The monoisotopic (exact) mass is 262 g/mol. The average Bonchev–Trinajstić information content (AvgIpc) is 2.28. The molecule has 0 saturated heterocycles. The second kappa shape index (κ2) is 5.20. The maximum atomic E-state index is 12.6. The van der Waals surface area contributed by atoms with Gasteiger partial charge in [-0.15, -0.1) is 0 Å². The van der Waals surface area contributed by atoms with Crippen molar-refractivity contribution in [1.82, 2.24) is 0 Å². The van der Waals surface area contributed by atoms with Crippen LogP contribution in [0.3, 0.4) is 0 Å². The van der Waals surface area contributed by atoms with Gasteiger partial charge in [0, 0.05) is 5.56 Å². The quantitative estimate of drug-likeness (QED) is 0.459. The number of hydrogen-bond donors (Lipinski definition) is 0. The lowest BCUT2D eigenvalue weighted by Crippen LogP contribution is -2.33. The average molecular weight is 262 g/mol. The Morgan fingerprint density at radius 3 is 2.17 bits per heavy atom. The minimum atomic E-state index is -4.56. The fourth-order valence-corrected chi connectivity index (χ4v) is 1.12. The summed E-state index contributed by atoms with van der Waals surface area (Å²) in [6.07, 6.45) is -8.48. The van der Waals surface area contributed by atoms with Crippen LogP contribution in [0.25, 0.3) is 0 Å². The van der Waals surface area contributed by atoms with Crippen LogP contribution in [0.15, 0.2) is 36.4 Å². The normalized spacial score (nSPS) is 11.4. The molecule has 0 aliphatic heterocycles. The second-order valence-corrected chi connectivity index (χ2v) is 3.60. The summed E-state index contributed by atoms with van der Waals surface area (Å²) in [7, 11) is 0. The molecule has 1 rings (SSSR count). The molecule has 0 unspecified atom stereocenters. The topological polar surface area (TPSA) is 26.3 Å². The Bertz CT molecular complexity index is 452. The molecule has 1 aromatic rings. The molecule has 98 valence electrons. The van der Waals surface area contributed by atoms with Crippen LogP contribution in [0, 0.1) is 0 Å². The summed E-state index contributed by atoms with van der Waals surface area (Å²) >= 11 is 0. The Kier molecular flexibility index (Phi) is 4.11. The summed E-state index contributed by atoms with van der Waals surface area (Å²) in [5.74, 6) is -0.805. The minimum absolute atomic E-state index is 0.218. The third-order valence-electron chi connectivity index (χ3n) is 2.01. The first-order chi connectivity index (χ1) is 8.24. The molecule has 0 aromatic heterocycles. The van der Waals surface area contributed by atoms with Crippen molar-refractivity contribution in [2.45, 2.75) is 19.5 Å². The molecule has 0 heterocycles. The van der Waals surface area contributed by atoms with Gasteiger partial charge < -0.3 is 4.74 Å². The number of benzene rings is 1. The Balaban J connectivity index is 2.84. The number of rotatable bonds is 5. The Labute approximate surface area is 101 Å². The van der Waals surface area contributed by atoms with Crippen molar-refractivity contribution in [1.29, 1.82) is 0 Å². The number of ether oxygens (including phenoxy) is 1. The molecule has 18 heavy (non-hydrogen) atoms. The van der Waals surface area contributed by atoms with Crippen LogP contribution in [0.4, 0.5) is 17.6 Å². The molecule has 0 aliphatic carbocycles. The molecular formula is C12H10F4O2. The maximum absolute atomic E-state index is 12.6. The standard InChI is InChI=1S/C12H10F4O2/c1-7(2)10(17)8-3-5-9(6-4-8)18-12(15,16)11(13)14/h3-6,11H,1H2,2H3. The molecule has 1 aromatic carbocycles. The van der Waals surface area contributed by atoms with Crippen molar-refractivity contribution in [2.75, 3.05) is 0 Å². The van der Waals surface area contributed by atoms with Gasteiger partial charge in [0.1, 0.15) is 5.75 Å². The van der Waals surface area contributed by atoms with E-state index in [0.29, 0.717) is 0 Å². The molecule has 0 atom stereocenters. The zero-order valence-electron chi connectivity index (χ0n) is 9.42. The summed E-state index contributed by atoms with van der Waals surface area (Å²) in [4.78, 5) is 11.4. The van der Waals surface area contributed by atoms with Gasteiger partial charge >= 0.3 is 12.5 Å². The van der Waals surface area contributed by atoms with Crippen molar-refractivity contribution >= 4 is 5.78 Å². The largest absolute Gasteiger partial charge is 0.461 e. The van der Waals surface area contributed by atoms with Crippen LogP contribution < -0.4 is 4.74 Å². The van der Waals surface area contributed by atoms with Crippen molar-refractivity contribution in [3.8, 4) is 5.75 Å². The van der Waals surface area contributed by atoms with Crippen LogP contribution >= 0.6 is 0 Å². The summed E-state index contributed by atoms with van der Waals surface area (Å²) < 4.78 is 52.7. The van der Waals surface area contributed by atoms with E-state index in [1.807, 2.05) is 0 Å². The molecule has 0 aliphatic rings. The first kappa shape index (κ1) is 14.2. The molecule has 2 nitrogen and oxygen atoms in total. The first-order valence-corrected chi connectivity index (χ1v) is 4.89. The van der Waals surface area contributed by atoms with Gasteiger partial charge in [-0.2, -0.15) is 17.6 Å². The Hall–Kier alpha value is -1.85. The molecule has 0 bridgehead atoms. The van der Waals surface area contributed by atoms with Gasteiger partial charge in [-0.25, -0.2) is 0 Å². The SMILES string of the molecule is C=C(C)C(=O)c1ccc(OC(F)(F)C(F)F)cc1. The maximum Gasteiger partial charge on any atom is 0.461 e. The third kappa shape index (κ3) is 3.32. The van der Waals surface area contributed by atoms with Crippen LogP contribution in [0.2, 0.25) is 0 Å². The van der Waals surface area contributed by atoms with Gasteiger partial charge in [0.05, 0.1) is 0 Å². The summed E-state index contributed by atoms with van der Waals surface area (Å²) in [5, 5.41) is 0. The molecular weight excluding hydrogens is 252 g/mol. The van der Waals surface area contributed by atoms with Crippen molar-refractivity contribution in [3.63, 3.8) is 0 Å². The minimum Gasteiger partial charge on any atom is -0.428 e. The zero-order valence-corrected chi connectivity index (χ0v) is 9.42. The fourth-order valence-electron chi connectivity index (χ4n) is 1.12. The van der Waals surface area contributed by atoms with Gasteiger partial charge in [-0.1, -0.05) is 6.58 Å². The smallest absolute Gasteiger partial charge is 0.428 e. The van der Waals surface area contributed by atoms with Crippen LogP contribution in [-0.2, 0) is 0 Å². The summed E-state index contributed by atoms with van der Waals surface area (Å²) in [5.41, 5.74) is 0.497. The van der Waals surface area contributed by atoms with E-state index < -0.39 is 18.3 Å². The van der Waals surface area contributed by atoms with E-state index in [1.165, 1.54) is 19.1 Å². The molecule has 0 spiro atoms. The van der Waals surface area contributed by atoms with E-state index in [9.17, 15) is 22.4 Å². The van der Waals surface area contributed by atoms with E-state index in [4.69, 9.17) is 0 Å². The number of carbonyl (C=O) groups excluding carboxylic acids is 1. The second-order valence-electron chi connectivity index (χ2n) is 3.60. The van der Waals surface area contributed by atoms with Gasteiger partial charge in [-0.05, 0) is 36.8 Å². The van der Waals surface area contributed by atoms with E-state index in [0.717, 1.165) is 12.1 Å². The Morgan fingerprint density at radius 2 is 1.78 bits per heavy atom. The highest BCUT2D eigenvalue weighted by molar-refractivity contribution is 6.07. The number of hydrogen-bond acceptors (Lipinski definition) is 2. The van der Waals surface area contributed by atoms with E-state index in [2.05, 4.69) is 11.3 Å². The summed E-state index contributed by atoms with van der Waals surface area (Å²) in [6, 6.07) is 4.45. The van der Waals surface area contributed by atoms with Gasteiger partial charge in [-0.3, -0.25) is 4.79 Å². The highest BCUT2D eigenvalue weighted by atomic mass is 19.3. The molecule has 6 heteroatoms. The van der Waals surface area contributed by atoms with Crippen molar-refractivity contribution in [3.05, 3.63) is 42.0 Å². The molecule has 0 N–H and O–H groups in total.